The molecule has 4 nitrogen and oxygen atoms in total. The van der Waals surface area contributed by atoms with E-state index in [1.165, 1.54) is 0 Å². The summed E-state index contributed by atoms with van der Waals surface area (Å²) in [4.78, 5) is 15.5. The van der Waals surface area contributed by atoms with E-state index in [2.05, 4.69) is 24.1 Å². The van der Waals surface area contributed by atoms with E-state index < -0.39 is 0 Å². The third-order valence-corrected chi connectivity index (χ3v) is 2.74. The Morgan fingerprint density at radius 1 is 1.37 bits per heavy atom. The zero-order valence-electron chi connectivity index (χ0n) is 12.1. The number of pyridine rings is 1. The minimum atomic E-state index is 0.0614. The second kappa shape index (κ2) is 8.64. The number of nitrogens with one attached hydrogen (secondary N) is 1. The Kier molecular flexibility index (Phi) is 7.11. The molecular formula is C15H24N2O2. The highest BCUT2D eigenvalue weighted by molar-refractivity contribution is 5.93. The van der Waals surface area contributed by atoms with Crippen LogP contribution in [0.25, 0.3) is 0 Å². The molecule has 0 amide bonds. The number of Topliss-reactive ketones (excluding diaryl/α,β-unsaturated/α-hetero) is 1. The van der Waals surface area contributed by atoms with Crippen molar-refractivity contribution in [3.63, 3.8) is 0 Å². The Labute approximate surface area is 115 Å². The summed E-state index contributed by atoms with van der Waals surface area (Å²) < 4.78 is 5.58. The van der Waals surface area contributed by atoms with Crippen LogP contribution < -0.4 is 10.1 Å². The van der Waals surface area contributed by atoms with Gasteiger partial charge in [-0.3, -0.25) is 4.79 Å². The molecule has 106 valence electrons. The molecule has 19 heavy (non-hydrogen) atoms. The number of carbonyl (C=O) groups excluding carboxylic acids is 1. The lowest BCUT2D eigenvalue weighted by molar-refractivity contribution is 0.0983. The van der Waals surface area contributed by atoms with Crippen LogP contribution in [0.5, 0.6) is 5.75 Å². The first-order valence-corrected chi connectivity index (χ1v) is 6.99. The maximum atomic E-state index is 11.4. The van der Waals surface area contributed by atoms with E-state index >= 15 is 0 Å². The number of unbranched alkanes of at least 4 members (excludes halogenated alkanes) is 1. The number of hydrogen-bond donors (Lipinski definition) is 1. The van der Waals surface area contributed by atoms with Crippen LogP contribution in [-0.2, 0) is 0 Å². The topological polar surface area (TPSA) is 51.2 Å². The molecule has 0 aromatic carbocycles. The fourth-order valence-electron chi connectivity index (χ4n) is 1.62. The second-order valence-electron chi connectivity index (χ2n) is 4.82. The largest absolute Gasteiger partial charge is 0.492 e. The second-order valence-corrected chi connectivity index (χ2v) is 4.82. The summed E-state index contributed by atoms with van der Waals surface area (Å²) in [6, 6.07) is 4.07. The van der Waals surface area contributed by atoms with Crippen molar-refractivity contribution >= 4 is 5.78 Å². The molecule has 1 heterocycles. The molecule has 1 aromatic heterocycles. The van der Waals surface area contributed by atoms with E-state index in [1.54, 1.807) is 12.3 Å². The molecule has 0 aliphatic rings. The zero-order chi connectivity index (χ0) is 14.1. The molecule has 0 atom stereocenters. The average molecular weight is 264 g/mol. The lowest BCUT2D eigenvalue weighted by atomic mass is 10.2. The minimum Gasteiger partial charge on any atom is -0.492 e. The standard InChI is InChI=1S/C15H24N2O2/c1-4-15(18)14-8-7-13(11-17-14)19-10-6-5-9-16-12(2)3/h7-8,11-12,16H,4-6,9-10H2,1-3H3. The van der Waals surface area contributed by atoms with Crippen LogP contribution in [0.4, 0.5) is 0 Å². The van der Waals surface area contributed by atoms with Gasteiger partial charge in [-0.15, -0.1) is 0 Å². The molecule has 0 aliphatic heterocycles. The van der Waals surface area contributed by atoms with Gasteiger partial charge in [0.05, 0.1) is 12.8 Å². The van der Waals surface area contributed by atoms with Gasteiger partial charge in [-0.25, -0.2) is 4.98 Å². The molecular weight excluding hydrogens is 240 g/mol. The number of hydrogen-bond acceptors (Lipinski definition) is 4. The molecule has 0 unspecified atom stereocenters. The van der Waals surface area contributed by atoms with Crippen molar-refractivity contribution in [2.24, 2.45) is 0 Å². The highest BCUT2D eigenvalue weighted by Gasteiger charge is 2.04. The predicted molar refractivity (Wildman–Crippen MR) is 76.7 cm³/mol. The number of ketones is 1. The highest BCUT2D eigenvalue weighted by atomic mass is 16.5. The van der Waals surface area contributed by atoms with Crippen molar-refractivity contribution in [2.45, 2.75) is 46.1 Å². The molecule has 4 heteroatoms. The van der Waals surface area contributed by atoms with E-state index in [9.17, 15) is 4.79 Å². The Morgan fingerprint density at radius 3 is 2.74 bits per heavy atom. The van der Waals surface area contributed by atoms with E-state index in [1.807, 2.05) is 13.0 Å². The Balaban J connectivity index is 2.21. The van der Waals surface area contributed by atoms with Gasteiger partial charge in [0.15, 0.2) is 5.78 Å². The lowest BCUT2D eigenvalue weighted by Gasteiger charge is -2.08. The van der Waals surface area contributed by atoms with E-state index in [4.69, 9.17) is 4.74 Å². The third-order valence-electron chi connectivity index (χ3n) is 2.74. The summed E-state index contributed by atoms with van der Waals surface area (Å²) >= 11 is 0. The number of rotatable bonds is 9. The minimum absolute atomic E-state index is 0.0614. The normalized spacial score (nSPS) is 10.7. The summed E-state index contributed by atoms with van der Waals surface area (Å²) in [7, 11) is 0. The van der Waals surface area contributed by atoms with Gasteiger partial charge in [-0.2, -0.15) is 0 Å². The molecule has 0 bridgehead atoms. The van der Waals surface area contributed by atoms with Crippen molar-refractivity contribution in [3.05, 3.63) is 24.0 Å². The SMILES string of the molecule is CCC(=O)c1ccc(OCCCCNC(C)C)cn1. The van der Waals surface area contributed by atoms with Gasteiger partial charge in [-0.1, -0.05) is 20.8 Å². The van der Waals surface area contributed by atoms with Gasteiger partial charge in [0.25, 0.3) is 0 Å². The molecule has 0 fully saturated rings. The first-order chi connectivity index (χ1) is 9.13. The van der Waals surface area contributed by atoms with Gasteiger partial charge in [-0.05, 0) is 31.5 Å². The molecule has 1 aromatic rings. The Bertz CT molecular complexity index is 374. The van der Waals surface area contributed by atoms with Gasteiger partial charge in [0, 0.05) is 12.5 Å². The van der Waals surface area contributed by atoms with Gasteiger partial charge < -0.3 is 10.1 Å². The summed E-state index contributed by atoms with van der Waals surface area (Å²) in [6.45, 7) is 7.81. The maximum absolute atomic E-state index is 11.4. The van der Waals surface area contributed by atoms with E-state index in [0.29, 0.717) is 24.8 Å². The average Bonchev–Trinajstić information content (AvgIpc) is 2.42. The molecule has 1 N–H and O–H groups in total. The smallest absolute Gasteiger partial charge is 0.180 e. The fraction of sp³-hybridized carbons (Fsp3) is 0.600. The monoisotopic (exact) mass is 264 g/mol. The first kappa shape index (κ1) is 15.6. The van der Waals surface area contributed by atoms with Crippen molar-refractivity contribution in [1.82, 2.24) is 10.3 Å². The lowest BCUT2D eigenvalue weighted by Crippen LogP contribution is -2.23. The quantitative estimate of drug-likeness (QED) is 0.550. The van der Waals surface area contributed by atoms with Crippen LogP contribution in [0.1, 0.15) is 50.5 Å². The van der Waals surface area contributed by atoms with Gasteiger partial charge in [0.2, 0.25) is 0 Å². The summed E-state index contributed by atoms with van der Waals surface area (Å²) in [5.74, 6) is 0.788. The summed E-state index contributed by atoms with van der Waals surface area (Å²) in [5.41, 5.74) is 0.510. The van der Waals surface area contributed by atoms with Crippen molar-refractivity contribution in [1.29, 1.82) is 0 Å². The molecule has 0 spiro atoms. The van der Waals surface area contributed by atoms with Crippen LogP contribution in [0.2, 0.25) is 0 Å². The van der Waals surface area contributed by atoms with Crippen LogP contribution in [-0.4, -0.2) is 30.0 Å². The molecule has 1 rings (SSSR count). The van der Waals surface area contributed by atoms with Crippen molar-refractivity contribution in [3.8, 4) is 5.75 Å². The molecule has 0 radical (unpaired) electrons. The van der Waals surface area contributed by atoms with Crippen LogP contribution in [0.3, 0.4) is 0 Å². The highest BCUT2D eigenvalue weighted by Crippen LogP contribution is 2.10. The van der Waals surface area contributed by atoms with Crippen LogP contribution in [0.15, 0.2) is 18.3 Å². The first-order valence-electron chi connectivity index (χ1n) is 6.99. The van der Waals surface area contributed by atoms with Crippen LogP contribution in [0, 0.1) is 0 Å². The van der Waals surface area contributed by atoms with Gasteiger partial charge in [0.1, 0.15) is 11.4 Å². The molecule has 0 saturated heterocycles. The van der Waals surface area contributed by atoms with E-state index in [0.717, 1.165) is 25.1 Å². The van der Waals surface area contributed by atoms with Crippen molar-refractivity contribution < 1.29 is 9.53 Å². The number of aromatic nitrogens is 1. The number of nitrogens with zero attached hydrogens (tertiary/aromatic N) is 1. The third kappa shape index (κ3) is 6.34. The van der Waals surface area contributed by atoms with E-state index in [-0.39, 0.29) is 5.78 Å². The number of carbonyl (C=O) groups is 1. The summed E-state index contributed by atoms with van der Waals surface area (Å²) in [5, 5.41) is 3.37. The molecule has 0 saturated carbocycles. The Morgan fingerprint density at radius 2 is 2.16 bits per heavy atom. The van der Waals surface area contributed by atoms with Crippen LogP contribution >= 0.6 is 0 Å². The molecule has 0 aliphatic carbocycles. The Hall–Kier alpha value is -1.42. The van der Waals surface area contributed by atoms with Crippen molar-refractivity contribution in [2.75, 3.05) is 13.2 Å². The fourth-order valence-corrected chi connectivity index (χ4v) is 1.62. The predicted octanol–water partition coefficient (Wildman–Crippen LogP) is 2.83. The summed E-state index contributed by atoms with van der Waals surface area (Å²) in [6.07, 6.45) is 4.21. The zero-order valence-corrected chi connectivity index (χ0v) is 12.1. The maximum Gasteiger partial charge on any atom is 0.180 e. The number of ether oxygens (including phenoxy) is 1. The van der Waals surface area contributed by atoms with Gasteiger partial charge >= 0.3 is 0 Å².